The Morgan fingerprint density at radius 1 is 1.18 bits per heavy atom. The van der Waals surface area contributed by atoms with Crippen molar-refractivity contribution in [1.82, 2.24) is 14.5 Å². The van der Waals surface area contributed by atoms with Gasteiger partial charge >= 0.3 is 0 Å². The number of benzene rings is 2. The number of likely N-dealkylation sites (tertiary alicyclic amines) is 1. The third kappa shape index (κ3) is 4.76. The normalized spacial score (nSPS) is 17.2. The molecule has 1 aliphatic rings. The Morgan fingerprint density at radius 3 is 2.65 bits per heavy atom. The van der Waals surface area contributed by atoms with E-state index >= 15 is 0 Å². The lowest BCUT2D eigenvalue weighted by Crippen LogP contribution is -2.31. The number of ketones is 1. The van der Waals surface area contributed by atoms with E-state index in [1.54, 1.807) is 55.1 Å². The summed E-state index contributed by atoms with van der Waals surface area (Å²) in [7, 11) is 0. The number of hydrogen-bond donors (Lipinski definition) is 1. The maximum atomic E-state index is 14.1. The van der Waals surface area contributed by atoms with Crippen molar-refractivity contribution in [2.24, 2.45) is 0 Å². The second-order valence-electron chi connectivity index (χ2n) is 7.83. The van der Waals surface area contributed by atoms with Crippen LogP contribution in [0.25, 0.3) is 5.76 Å². The SMILES string of the molecule is C=CCOc1ccc(/C(O)=C2\C(=O)C(=O)N(CCCn3ccnc3)C2c2cccc(F)c2)cc1. The minimum Gasteiger partial charge on any atom is -0.507 e. The van der Waals surface area contributed by atoms with Crippen LogP contribution in [0.5, 0.6) is 5.75 Å². The van der Waals surface area contributed by atoms with E-state index in [1.165, 1.54) is 23.1 Å². The molecule has 0 bridgehead atoms. The van der Waals surface area contributed by atoms with Gasteiger partial charge in [0, 0.05) is 31.0 Å². The van der Waals surface area contributed by atoms with Crippen molar-refractivity contribution in [1.29, 1.82) is 0 Å². The Balaban J connectivity index is 1.69. The highest BCUT2D eigenvalue weighted by Gasteiger charge is 2.45. The number of aliphatic hydroxyl groups is 1. The summed E-state index contributed by atoms with van der Waals surface area (Å²) in [5, 5.41) is 11.1. The van der Waals surface area contributed by atoms with Crippen molar-refractivity contribution < 1.29 is 23.8 Å². The van der Waals surface area contributed by atoms with Gasteiger partial charge in [0.1, 0.15) is 23.9 Å². The third-order valence-electron chi connectivity index (χ3n) is 5.57. The highest BCUT2D eigenvalue weighted by atomic mass is 19.1. The molecule has 1 amide bonds. The van der Waals surface area contributed by atoms with E-state index in [4.69, 9.17) is 4.74 Å². The molecule has 1 atom stereocenters. The number of hydrogen-bond acceptors (Lipinski definition) is 5. The van der Waals surface area contributed by atoms with Crippen LogP contribution < -0.4 is 4.74 Å². The predicted molar refractivity (Wildman–Crippen MR) is 124 cm³/mol. The Kier molecular flexibility index (Phi) is 6.87. The molecule has 0 radical (unpaired) electrons. The number of aromatic nitrogens is 2. The van der Waals surface area contributed by atoms with Gasteiger partial charge < -0.3 is 19.3 Å². The highest BCUT2D eigenvalue weighted by Crippen LogP contribution is 2.39. The molecule has 0 spiro atoms. The summed E-state index contributed by atoms with van der Waals surface area (Å²) in [6.07, 6.45) is 7.29. The minimum atomic E-state index is -0.907. The number of amides is 1. The van der Waals surface area contributed by atoms with Gasteiger partial charge in [0.25, 0.3) is 11.7 Å². The van der Waals surface area contributed by atoms with Gasteiger partial charge in [-0.1, -0.05) is 24.8 Å². The fraction of sp³-hybridized carbons (Fsp3) is 0.192. The van der Waals surface area contributed by atoms with Crippen LogP contribution >= 0.6 is 0 Å². The first-order valence-corrected chi connectivity index (χ1v) is 10.8. The van der Waals surface area contributed by atoms with Crippen molar-refractivity contribution in [2.75, 3.05) is 13.2 Å². The number of halogens is 1. The van der Waals surface area contributed by atoms with Crippen LogP contribution in [-0.4, -0.2) is 44.4 Å². The fourth-order valence-corrected chi connectivity index (χ4v) is 4.00. The van der Waals surface area contributed by atoms with Crippen molar-refractivity contribution in [3.63, 3.8) is 0 Å². The van der Waals surface area contributed by atoms with Gasteiger partial charge in [-0.05, 0) is 48.4 Å². The van der Waals surface area contributed by atoms with Crippen molar-refractivity contribution in [3.8, 4) is 5.75 Å². The van der Waals surface area contributed by atoms with Gasteiger partial charge in [0.15, 0.2) is 0 Å². The summed E-state index contributed by atoms with van der Waals surface area (Å²) in [6, 6.07) is 11.3. The maximum Gasteiger partial charge on any atom is 0.295 e. The molecular weight excluding hydrogens is 437 g/mol. The Bertz CT molecular complexity index is 1220. The van der Waals surface area contributed by atoms with Gasteiger partial charge in [-0.15, -0.1) is 0 Å². The lowest BCUT2D eigenvalue weighted by Gasteiger charge is -2.25. The molecule has 2 aromatic carbocycles. The van der Waals surface area contributed by atoms with Gasteiger partial charge in [-0.3, -0.25) is 9.59 Å². The molecule has 4 rings (SSSR count). The summed E-state index contributed by atoms with van der Waals surface area (Å²) in [5.41, 5.74) is 0.691. The number of rotatable bonds is 9. The van der Waals surface area contributed by atoms with Gasteiger partial charge in [0.05, 0.1) is 17.9 Å². The van der Waals surface area contributed by atoms with Crippen molar-refractivity contribution in [3.05, 3.63) is 102 Å². The summed E-state index contributed by atoms with van der Waals surface area (Å²) < 4.78 is 21.4. The number of aryl methyl sites for hydroxylation is 1. The molecule has 1 N–H and O–H groups in total. The molecule has 1 aliphatic heterocycles. The molecule has 0 aliphatic carbocycles. The lowest BCUT2D eigenvalue weighted by atomic mass is 9.95. The molecule has 8 heteroatoms. The van der Waals surface area contributed by atoms with E-state index in [-0.39, 0.29) is 17.9 Å². The predicted octanol–water partition coefficient (Wildman–Crippen LogP) is 4.10. The quantitative estimate of drug-likeness (QED) is 0.225. The summed E-state index contributed by atoms with van der Waals surface area (Å²) >= 11 is 0. The third-order valence-corrected chi connectivity index (χ3v) is 5.57. The van der Waals surface area contributed by atoms with Gasteiger partial charge in [0.2, 0.25) is 0 Å². The number of Topliss-reactive ketones (excluding diaryl/α,β-unsaturated/α-hetero) is 1. The molecule has 1 unspecified atom stereocenters. The summed E-state index contributed by atoms with van der Waals surface area (Å²) in [5.74, 6) is -1.78. The van der Waals surface area contributed by atoms with E-state index < -0.39 is 23.5 Å². The summed E-state index contributed by atoms with van der Waals surface area (Å²) in [6.45, 7) is 4.76. The number of ether oxygens (including phenoxy) is 1. The zero-order valence-electron chi connectivity index (χ0n) is 18.4. The molecule has 7 nitrogen and oxygen atoms in total. The van der Waals surface area contributed by atoms with Crippen LogP contribution in [0.3, 0.4) is 0 Å². The van der Waals surface area contributed by atoms with E-state index in [0.29, 0.717) is 36.4 Å². The Morgan fingerprint density at radius 2 is 1.97 bits per heavy atom. The molecule has 1 fully saturated rings. The average molecular weight is 461 g/mol. The number of imidazole rings is 1. The van der Waals surface area contributed by atoms with Crippen LogP contribution in [-0.2, 0) is 16.1 Å². The van der Waals surface area contributed by atoms with E-state index in [0.717, 1.165) is 0 Å². The highest BCUT2D eigenvalue weighted by molar-refractivity contribution is 6.46. The monoisotopic (exact) mass is 461 g/mol. The van der Waals surface area contributed by atoms with Crippen LogP contribution in [0.1, 0.15) is 23.6 Å². The molecule has 3 aromatic rings. The number of carbonyl (C=O) groups is 2. The lowest BCUT2D eigenvalue weighted by molar-refractivity contribution is -0.139. The second-order valence-corrected chi connectivity index (χ2v) is 7.83. The van der Waals surface area contributed by atoms with E-state index in [9.17, 15) is 19.1 Å². The van der Waals surface area contributed by atoms with Gasteiger partial charge in [-0.25, -0.2) is 9.37 Å². The second kappa shape index (κ2) is 10.2. The fourth-order valence-electron chi connectivity index (χ4n) is 4.00. The average Bonchev–Trinajstić information content (AvgIpc) is 3.45. The molecule has 174 valence electrons. The number of carbonyl (C=O) groups excluding carboxylic acids is 2. The standard InChI is InChI=1S/C26H24FN3O4/c1-2-15-34-21-9-7-18(8-10-21)24(31)22-23(19-5-3-6-20(27)16-19)30(26(33)25(22)32)13-4-12-29-14-11-28-17-29/h2-3,5-11,14,16-17,23,31H,1,4,12-13,15H2/b24-22+. The molecular formula is C26H24FN3O4. The van der Waals surface area contributed by atoms with Crippen LogP contribution in [0.15, 0.2) is 85.5 Å². The van der Waals surface area contributed by atoms with Crippen LogP contribution in [0.4, 0.5) is 4.39 Å². The van der Waals surface area contributed by atoms with Crippen molar-refractivity contribution >= 4 is 17.4 Å². The molecule has 34 heavy (non-hydrogen) atoms. The Labute approximate surface area is 196 Å². The van der Waals surface area contributed by atoms with Gasteiger partial charge in [-0.2, -0.15) is 0 Å². The summed E-state index contributed by atoms with van der Waals surface area (Å²) in [4.78, 5) is 31.4. The van der Waals surface area contributed by atoms with Crippen molar-refractivity contribution in [2.45, 2.75) is 19.0 Å². The topological polar surface area (TPSA) is 84.7 Å². The van der Waals surface area contributed by atoms with E-state index in [2.05, 4.69) is 11.6 Å². The molecule has 1 saturated heterocycles. The maximum absolute atomic E-state index is 14.1. The number of aliphatic hydroxyl groups excluding tert-OH is 1. The first kappa shape index (κ1) is 23.0. The van der Waals surface area contributed by atoms with Crippen LogP contribution in [0.2, 0.25) is 0 Å². The minimum absolute atomic E-state index is 0.0713. The molecule has 2 heterocycles. The Hall–Kier alpha value is -4.20. The van der Waals surface area contributed by atoms with Crippen LogP contribution in [0, 0.1) is 5.82 Å². The zero-order chi connectivity index (χ0) is 24.1. The smallest absolute Gasteiger partial charge is 0.295 e. The zero-order valence-corrected chi connectivity index (χ0v) is 18.4. The first-order chi connectivity index (χ1) is 16.5. The largest absolute Gasteiger partial charge is 0.507 e. The first-order valence-electron chi connectivity index (χ1n) is 10.8. The van der Waals surface area contributed by atoms with E-state index in [1.807, 2.05) is 4.57 Å². The number of nitrogens with zero attached hydrogens (tertiary/aromatic N) is 3. The molecule has 1 aromatic heterocycles. The molecule has 0 saturated carbocycles.